The Morgan fingerprint density at radius 1 is 1.35 bits per heavy atom. The van der Waals surface area contributed by atoms with Crippen molar-refractivity contribution in [2.45, 2.75) is 18.2 Å². The fourth-order valence-electron chi connectivity index (χ4n) is 1.62. The van der Waals surface area contributed by atoms with Crippen LogP contribution >= 0.6 is 0 Å². The van der Waals surface area contributed by atoms with Crippen LogP contribution in [-0.2, 0) is 19.6 Å². The van der Waals surface area contributed by atoms with E-state index in [-0.39, 0.29) is 24.4 Å². The third-order valence-electron chi connectivity index (χ3n) is 2.77. The lowest BCUT2D eigenvalue weighted by atomic mass is 10.2. The number of ether oxygens (including phenoxy) is 1. The molecule has 0 bridgehead atoms. The van der Waals surface area contributed by atoms with Crippen LogP contribution < -0.4 is 0 Å². The molecule has 0 aliphatic rings. The molecular formula is C13H16N2O4S. The monoisotopic (exact) mass is 296 g/mol. The van der Waals surface area contributed by atoms with Crippen LogP contribution in [0, 0.1) is 11.3 Å². The molecule has 0 N–H and O–H groups in total. The first-order valence-electron chi connectivity index (χ1n) is 6.02. The van der Waals surface area contributed by atoms with Gasteiger partial charge in [0.05, 0.1) is 30.1 Å². The second-order valence-electron chi connectivity index (χ2n) is 3.96. The number of carbonyl (C=O) groups is 1. The van der Waals surface area contributed by atoms with Crippen molar-refractivity contribution in [2.75, 3.05) is 20.2 Å². The SMILES string of the molecule is CCN(CCC(=O)OC)S(=O)(=O)c1ccc(C#N)cc1. The normalized spacial score (nSPS) is 11.1. The van der Waals surface area contributed by atoms with Gasteiger partial charge in [-0.15, -0.1) is 0 Å². The molecule has 108 valence electrons. The number of methoxy groups -OCH3 is 1. The van der Waals surface area contributed by atoms with Gasteiger partial charge in [0.25, 0.3) is 0 Å². The van der Waals surface area contributed by atoms with Gasteiger partial charge in [-0.25, -0.2) is 8.42 Å². The summed E-state index contributed by atoms with van der Waals surface area (Å²) in [7, 11) is -2.41. The first-order chi connectivity index (χ1) is 9.45. The number of sulfonamides is 1. The third-order valence-corrected chi connectivity index (χ3v) is 4.76. The van der Waals surface area contributed by atoms with Gasteiger partial charge < -0.3 is 4.74 Å². The number of nitriles is 1. The van der Waals surface area contributed by atoms with Gasteiger partial charge in [0, 0.05) is 13.1 Å². The summed E-state index contributed by atoms with van der Waals surface area (Å²) < 4.78 is 30.4. The molecule has 0 aromatic heterocycles. The summed E-state index contributed by atoms with van der Waals surface area (Å²) in [6.45, 7) is 2.00. The highest BCUT2D eigenvalue weighted by Crippen LogP contribution is 2.16. The minimum Gasteiger partial charge on any atom is -0.469 e. The van der Waals surface area contributed by atoms with Crippen LogP contribution in [0.25, 0.3) is 0 Å². The van der Waals surface area contributed by atoms with E-state index in [9.17, 15) is 13.2 Å². The van der Waals surface area contributed by atoms with Gasteiger partial charge in [-0.1, -0.05) is 6.92 Å². The largest absolute Gasteiger partial charge is 0.469 e. The maximum Gasteiger partial charge on any atom is 0.306 e. The van der Waals surface area contributed by atoms with Gasteiger partial charge in [0.1, 0.15) is 0 Å². The quantitative estimate of drug-likeness (QED) is 0.734. The summed E-state index contributed by atoms with van der Waals surface area (Å²) in [6.07, 6.45) is -0.000150. The number of carbonyl (C=O) groups excluding carboxylic acids is 1. The van der Waals surface area contributed by atoms with Crippen molar-refractivity contribution in [2.24, 2.45) is 0 Å². The molecule has 0 heterocycles. The molecule has 1 rings (SSSR count). The Kier molecular flexibility index (Phi) is 5.67. The van der Waals surface area contributed by atoms with Crippen LogP contribution in [0.3, 0.4) is 0 Å². The van der Waals surface area contributed by atoms with Gasteiger partial charge in [-0.2, -0.15) is 9.57 Å². The topological polar surface area (TPSA) is 87.5 Å². The Morgan fingerprint density at radius 3 is 2.40 bits per heavy atom. The molecule has 0 amide bonds. The lowest BCUT2D eigenvalue weighted by Gasteiger charge is -2.19. The molecule has 1 aromatic carbocycles. The number of hydrogen-bond acceptors (Lipinski definition) is 5. The molecule has 0 saturated heterocycles. The third kappa shape index (κ3) is 3.79. The van der Waals surface area contributed by atoms with Crippen molar-refractivity contribution in [1.82, 2.24) is 4.31 Å². The van der Waals surface area contributed by atoms with Crippen molar-refractivity contribution < 1.29 is 17.9 Å². The zero-order chi connectivity index (χ0) is 15.2. The van der Waals surface area contributed by atoms with E-state index < -0.39 is 16.0 Å². The highest BCUT2D eigenvalue weighted by Gasteiger charge is 2.23. The Morgan fingerprint density at radius 2 is 1.95 bits per heavy atom. The zero-order valence-electron chi connectivity index (χ0n) is 11.4. The average molecular weight is 296 g/mol. The van der Waals surface area contributed by atoms with Gasteiger partial charge in [0.2, 0.25) is 10.0 Å². The lowest BCUT2D eigenvalue weighted by molar-refractivity contribution is -0.140. The Labute approximate surface area is 118 Å². The van der Waals surface area contributed by atoms with Crippen molar-refractivity contribution in [3.05, 3.63) is 29.8 Å². The summed E-state index contributed by atoms with van der Waals surface area (Å²) in [5.74, 6) is -0.460. The molecule has 0 unspecified atom stereocenters. The Balaban J connectivity index is 2.93. The molecule has 20 heavy (non-hydrogen) atoms. The fraction of sp³-hybridized carbons (Fsp3) is 0.385. The maximum absolute atomic E-state index is 12.4. The number of benzene rings is 1. The van der Waals surface area contributed by atoms with E-state index >= 15 is 0 Å². The van der Waals surface area contributed by atoms with Crippen LogP contribution in [0.2, 0.25) is 0 Å². The van der Waals surface area contributed by atoms with Crippen molar-refractivity contribution in [3.63, 3.8) is 0 Å². The molecule has 0 spiro atoms. The van der Waals surface area contributed by atoms with Crippen molar-refractivity contribution >= 4 is 16.0 Å². The highest BCUT2D eigenvalue weighted by molar-refractivity contribution is 7.89. The Bertz CT molecular complexity index is 602. The van der Waals surface area contributed by atoms with Gasteiger partial charge in [-0.05, 0) is 24.3 Å². The first-order valence-corrected chi connectivity index (χ1v) is 7.46. The predicted octanol–water partition coefficient (Wildman–Crippen LogP) is 1.13. The van der Waals surface area contributed by atoms with E-state index in [1.807, 2.05) is 6.07 Å². The number of hydrogen-bond donors (Lipinski definition) is 0. The molecule has 0 aliphatic heterocycles. The fourth-order valence-corrected chi connectivity index (χ4v) is 3.07. The second-order valence-corrected chi connectivity index (χ2v) is 5.90. The molecule has 6 nitrogen and oxygen atoms in total. The summed E-state index contributed by atoms with van der Waals surface area (Å²) in [5.41, 5.74) is 0.390. The summed E-state index contributed by atoms with van der Waals surface area (Å²) in [6, 6.07) is 7.59. The van der Waals surface area contributed by atoms with Crippen LogP contribution in [0.1, 0.15) is 18.9 Å². The van der Waals surface area contributed by atoms with E-state index in [2.05, 4.69) is 4.74 Å². The lowest BCUT2D eigenvalue weighted by Crippen LogP contribution is -2.33. The smallest absolute Gasteiger partial charge is 0.306 e. The first kappa shape index (κ1) is 16.1. The van der Waals surface area contributed by atoms with Gasteiger partial charge >= 0.3 is 5.97 Å². The summed E-state index contributed by atoms with van der Waals surface area (Å²) in [5, 5.41) is 8.70. The molecule has 0 aliphatic carbocycles. The van der Waals surface area contributed by atoms with E-state index in [4.69, 9.17) is 5.26 Å². The minimum atomic E-state index is -3.66. The molecule has 7 heteroatoms. The predicted molar refractivity (Wildman–Crippen MR) is 72.2 cm³/mol. The van der Waals surface area contributed by atoms with Gasteiger partial charge in [0.15, 0.2) is 0 Å². The van der Waals surface area contributed by atoms with Crippen LogP contribution in [0.15, 0.2) is 29.2 Å². The minimum absolute atomic E-state index is 0.000150. The van der Waals surface area contributed by atoms with Crippen LogP contribution in [0.4, 0.5) is 0 Å². The molecule has 0 fully saturated rings. The van der Waals surface area contributed by atoms with Crippen LogP contribution in [-0.4, -0.2) is 38.9 Å². The average Bonchev–Trinajstić information content (AvgIpc) is 2.47. The molecule has 0 atom stereocenters. The second kappa shape index (κ2) is 7.03. The zero-order valence-corrected chi connectivity index (χ0v) is 12.2. The number of esters is 1. The molecule has 0 radical (unpaired) electrons. The molecule has 0 saturated carbocycles. The summed E-state index contributed by atoms with van der Waals surface area (Å²) in [4.78, 5) is 11.2. The maximum atomic E-state index is 12.4. The summed E-state index contributed by atoms with van der Waals surface area (Å²) >= 11 is 0. The van der Waals surface area contributed by atoms with Gasteiger partial charge in [-0.3, -0.25) is 4.79 Å². The Hall–Kier alpha value is -1.91. The molecular weight excluding hydrogens is 280 g/mol. The standard InChI is InChI=1S/C13H16N2O4S/c1-3-15(9-8-13(16)19-2)20(17,18)12-6-4-11(10-14)5-7-12/h4-7H,3,8-9H2,1-2H3. The van der Waals surface area contributed by atoms with E-state index in [1.54, 1.807) is 6.92 Å². The number of nitrogens with zero attached hydrogens (tertiary/aromatic N) is 2. The van der Waals surface area contributed by atoms with E-state index in [0.717, 1.165) is 0 Å². The number of rotatable bonds is 6. The van der Waals surface area contributed by atoms with E-state index in [0.29, 0.717) is 5.56 Å². The van der Waals surface area contributed by atoms with Crippen molar-refractivity contribution in [3.8, 4) is 6.07 Å². The van der Waals surface area contributed by atoms with Crippen LogP contribution in [0.5, 0.6) is 0 Å². The van der Waals surface area contributed by atoms with Crippen molar-refractivity contribution in [1.29, 1.82) is 5.26 Å². The highest BCUT2D eigenvalue weighted by atomic mass is 32.2. The van der Waals surface area contributed by atoms with E-state index in [1.165, 1.54) is 35.7 Å². The molecule has 1 aromatic rings.